The van der Waals surface area contributed by atoms with Crippen molar-refractivity contribution < 1.29 is 23.8 Å². The number of aliphatic hydroxyl groups excluding tert-OH is 1. The van der Waals surface area contributed by atoms with Crippen LogP contribution in [0.25, 0.3) is 0 Å². The summed E-state index contributed by atoms with van der Waals surface area (Å²) in [6.07, 6.45) is 1.97. The summed E-state index contributed by atoms with van der Waals surface area (Å²) in [5.41, 5.74) is 2.55. The van der Waals surface area contributed by atoms with Gasteiger partial charge in [-0.05, 0) is 46.2 Å². The van der Waals surface area contributed by atoms with Crippen LogP contribution >= 0.6 is 0 Å². The van der Waals surface area contributed by atoms with Gasteiger partial charge in [-0.25, -0.2) is 4.39 Å². The number of amides is 1. The van der Waals surface area contributed by atoms with Gasteiger partial charge in [0.25, 0.3) is 5.91 Å². The van der Waals surface area contributed by atoms with Gasteiger partial charge in [-0.15, -0.1) is 0 Å². The number of halogens is 1. The molecule has 2 atom stereocenters. The Labute approximate surface area is 182 Å². The lowest BCUT2D eigenvalue weighted by atomic mass is 9.77. The lowest BCUT2D eigenvalue weighted by molar-refractivity contribution is -0.157. The average Bonchev–Trinajstić information content (AvgIpc) is 2.76. The molecule has 1 amide bonds. The lowest BCUT2D eigenvalue weighted by Crippen LogP contribution is -2.36. The fourth-order valence-electron chi connectivity index (χ4n) is 3.32. The van der Waals surface area contributed by atoms with Crippen LogP contribution in [0.2, 0.25) is 0 Å². The van der Waals surface area contributed by atoms with Gasteiger partial charge >= 0.3 is 0 Å². The first-order valence-corrected chi connectivity index (χ1v) is 10.5. The Balaban J connectivity index is 1.64. The Kier molecular flexibility index (Phi) is 7.46. The van der Waals surface area contributed by atoms with E-state index < -0.39 is 6.29 Å². The van der Waals surface area contributed by atoms with Gasteiger partial charge < -0.3 is 19.9 Å². The first-order chi connectivity index (χ1) is 14.7. The fourth-order valence-corrected chi connectivity index (χ4v) is 3.32. The van der Waals surface area contributed by atoms with Crippen molar-refractivity contribution in [2.45, 2.75) is 53.2 Å². The van der Waals surface area contributed by atoms with Crippen molar-refractivity contribution in [1.29, 1.82) is 0 Å². The SMILES string of the molecule is CC(C)(C)[C@@H]1C=C(C(=O)NCc2ccc(F)cc2)O[C@H](OCc2ccc(CO)cc2)C1. The topological polar surface area (TPSA) is 67.8 Å². The molecule has 2 N–H and O–H groups in total. The molecule has 0 fully saturated rings. The van der Waals surface area contributed by atoms with E-state index in [9.17, 15) is 9.18 Å². The van der Waals surface area contributed by atoms with E-state index in [1.54, 1.807) is 12.1 Å². The van der Waals surface area contributed by atoms with Crippen LogP contribution in [-0.4, -0.2) is 17.3 Å². The number of rotatable bonds is 7. The second-order valence-corrected chi connectivity index (χ2v) is 8.88. The van der Waals surface area contributed by atoms with Gasteiger partial charge in [0.05, 0.1) is 13.2 Å². The molecule has 5 nitrogen and oxygen atoms in total. The number of nitrogens with one attached hydrogen (secondary N) is 1. The summed E-state index contributed by atoms with van der Waals surface area (Å²) >= 11 is 0. The van der Waals surface area contributed by atoms with Crippen LogP contribution in [0.15, 0.2) is 60.4 Å². The summed E-state index contributed by atoms with van der Waals surface area (Å²) in [4.78, 5) is 12.7. The number of hydrogen-bond donors (Lipinski definition) is 2. The summed E-state index contributed by atoms with van der Waals surface area (Å²) < 4.78 is 24.9. The molecule has 6 heteroatoms. The van der Waals surface area contributed by atoms with Crippen molar-refractivity contribution in [3.05, 3.63) is 82.9 Å². The number of ether oxygens (including phenoxy) is 2. The quantitative estimate of drug-likeness (QED) is 0.685. The molecule has 0 aromatic heterocycles. The van der Waals surface area contributed by atoms with Gasteiger partial charge in [0.2, 0.25) is 6.29 Å². The van der Waals surface area contributed by atoms with E-state index in [0.29, 0.717) is 13.0 Å². The molecule has 0 radical (unpaired) electrons. The first kappa shape index (κ1) is 23.0. The predicted molar refractivity (Wildman–Crippen MR) is 116 cm³/mol. The van der Waals surface area contributed by atoms with Gasteiger partial charge in [-0.2, -0.15) is 0 Å². The van der Waals surface area contributed by atoms with E-state index in [0.717, 1.165) is 16.7 Å². The number of allylic oxidation sites excluding steroid dienone is 1. The molecule has 3 rings (SSSR count). The number of aliphatic hydroxyl groups is 1. The van der Waals surface area contributed by atoms with Crippen LogP contribution in [0.3, 0.4) is 0 Å². The average molecular weight is 428 g/mol. The van der Waals surface area contributed by atoms with E-state index in [1.807, 2.05) is 30.3 Å². The Bertz CT molecular complexity index is 901. The highest BCUT2D eigenvalue weighted by Crippen LogP contribution is 2.36. The molecule has 1 aliphatic heterocycles. The Morgan fingerprint density at radius 2 is 1.71 bits per heavy atom. The largest absolute Gasteiger partial charge is 0.459 e. The molecular formula is C25H30FNO4. The van der Waals surface area contributed by atoms with Crippen molar-refractivity contribution >= 4 is 5.91 Å². The van der Waals surface area contributed by atoms with Gasteiger partial charge in [-0.3, -0.25) is 4.79 Å². The summed E-state index contributed by atoms with van der Waals surface area (Å²) in [6.45, 7) is 7.00. The van der Waals surface area contributed by atoms with E-state index in [-0.39, 0.29) is 42.0 Å². The molecule has 1 aliphatic rings. The fraction of sp³-hybridized carbons (Fsp3) is 0.400. The third-order valence-electron chi connectivity index (χ3n) is 5.40. The third-order valence-corrected chi connectivity index (χ3v) is 5.40. The van der Waals surface area contributed by atoms with Crippen molar-refractivity contribution in [3.63, 3.8) is 0 Å². The molecule has 31 heavy (non-hydrogen) atoms. The van der Waals surface area contributed by atoms with Crippen molar-refractivity contribution in [2.75, 3.05) is 0 Å². The van der Waals surface area contributed by atoms with Crippen LogP contribution in [0, 0.1) is 17.2 Å². The molecule has 2 aromatic carbocycles. The highest BCUT2D eigenvalue weighted by molar-refractivity contribution is 5.91. The smallest absolute Gasteiger partial charge is 0.286 e. The molecule has 0 unspecified atom stereocenters. The maximum atomic E-state index is 13.1. The number of hydrogen-bond acceptors (Lipinski definition) is 4. The van der Waals surface area contributed by atoms with Crippen LogP contribution in [0.5, 0.6) is 0 Å². The van der Waals surface area contributed by atoms with Gasteiger partial charge in [0, 0.05) is 13.0 Å². The third kappa shape index (κ3) is 6.64. The second kappa shape index (κ2) is 10.1. The number of carbonyl (C=O) groups is 1. The Hall–Kier alpha value is -2.70. The van der Waals surface area contributed by atoms with Gasteiger partial charge in [0.15, 0.2) is 5.76 Å². The summed E-state index contributed by atoms with van der Waals surface area (Å²) in [5, 5.41) is 12.0. The lowest BCUT2D eigenvalue weighted by Gasteiger charge is -2.36. The number of benzene rings is 2. The normalized spacial score (nSPS) is 18.8. The maximum Gasteiger partial charge on any atom is 0.286 e. The zero-order valence-electron chi connectivity index (χ0n) is 18.2. The molecule has 0 saturated heterocycles. The van der Waals surface area contributed by atoms with E-state index in [4.69, 9.17) is 14.6 Å². The minimum atomic E-state index is -0.543. The summed E-state index contributed by atoms with van der Waals surface area (Å²) in [6, 6.07) is 13.5. The van der Waals surface area contributed by atoms with E-state index in [1.165, 1.54) is 12.1 Å². The Morgan fingerprint density at radius 1 is 1.10 bits per heavy atom. The number of carbonyl (C=O) groups excluding carboxylic acids is 1. The molecular weight excluding hydrogens is 397 g/mol. The second-order valence-electron chi connectivity index (χ2n) is 8.88. The zero-order chi connectivity index (χ0) is 22.4. The zero-order valence-corrected chi connectivity index (χ0v) is 18.2. The van der Waals surface area contributed by atoms with Gasteiger partial charge in [0.1, 0.15) is 5.82 Å². The van der Waals surface area contributed by atoms with Crippen LogP contribution in [-0.2, 0) is 34.0 Å². The maximum absolute atomic E-state index is 13.1. The van der Waals surface area contributed by atoms with Crippen molar-refractivity contribution in [1.82, 2.24) is 5.32 Å². The van der Waals surface area contributed by atoms with Crippen molar-refractivity contribution in [3.8, 4) is 0 Å². The molecule has 0 spiro atoms. The van der Waals surface area contributed by atoms with Crippen LogP contribution < -0.4 is 5.32 Å². The highest BCUT2D eigenvalue weighted by atomic mass is 19.1. The molecule has 0 aliphatic carbocycles. The summed E-state index contributed by atoms with van der Waals surface area (Å²) in [7, 11) is 0. The summed E-state index contributed by atoms with van der Waals surface area (Å²) in [5.74, 6) is -0.282. The Morgan fingerprint density at radius 3 is 2.32 bits per heavy atom. The van der Waals surface area contributed by atoms with Gasteiger partial charge in [-0.1, -0.05) is 57.2 Å². The molecule has 0 saturated carbocycles. The predicted octanol–water partition coefficient (Wildman–Crippen LogP) is 4.44. The first-order valence-electron chi connectivity index (χ1n) is 10.5. The van der Waals surface area contributed by atoms with Crippen LogP contribution in [0.1, 0.15) is 43.9 Å². The van der Waals surface area contributed by atoms with E-state index in [2.05, 4.69) is 26.1 Å². The molecule has 2 aromatic rings. The minimum absolute atomic E-state index is 0.00131. The van der Waals surface area contributed by atoms with Crippen molar-refractivity contribution in [2.24, 2.45) is 11.3 Å². The van der Waals surface area contributed by atoms with Crippen LogP contribution in [0.4, 0.5) is 4.39 Å². The monoisotopic (exact) mass is 427 g/mol. The minimum Gasteiger partial charge on any atom is -0.459 e. The highest BCUT2D eigenvalue weighted by Gasteiger charge is 2.34. The molecule has 0 bridgehead atoms. The standard InChI is InChI=1S/C25H30FNO4/c1-25(2,3)20-12-22(24(29)27-14-17-8-10-21(26)11-9-17)31-23(13-20)30-16-19-6-4-18(15-28)5-7-19/h4-12,20,23,28H,13-16H2,1-3H3,(H,27,29)/t20-,23+/m1/s1. The molecule has 166 valence electrons. The molecule has 1 heterocycles. The van der Waals surface area contributed by atoms with E-state index >= 15 is 0 Å².